The molecule has 1 aromatic carbocycles. The van der Waals surface area contributed by atoms with Crippen molar-refractivity contribution in [2.45, 2.75) is 51.4 Å². The number of nitrogens with zero attached hydrogens (tertiary/aromatic N) is 4. The van der Waals surface area contributed by atoms with Crippen LogP contribution >= 0.6 is 0 Å². The van der Waals surface area contributed by atoms with Crippen molar-refractivity contribution in [3.05, 3.63) is 53.3 Å². The van der Waals surface area contributed by atoms with E-state index < -0.39 is 0 Å². The van der Waals surface area contributed by atoms with Crippen molar-refractivity contribution in [1.29, 1.82) is 0 Å². The van der Waals surface area contributed by atoms with E-state index >= 15 is 0 Å². The summed E-state index contributed by atoms with van der Waals surface area (Å²) in [5.74, 6) is -0.00986. The largest absolute Gasteiger partial charge is 0.376 e. The molecular weight excluding hydrogens is 352 g/mol. The summed E-state index contributed by atoms with van der Waals surface area (Å²) in [5, 5.41) is 4.62. The van der Waals surface area contributed by atoms with Gasteiger partial charge in [-0.3, -0.25) is 14.4 Å². The van der Waals surface area contributed by atoms with Crippen LogP contribution in [0.2, 0.25) is 0 Å². The molecule has 6 nitrogen and oxygen atoms in total. The highest BCUT2D eigenvalue weighted by Crippen LogP contribution is 2.18. The Bertz CT molecular complexity index is 783. The van der Waals surface area contributed by atoms with Gasteiger partial charge in [-0.1, -0.05) is 30.3 Å². The minimum absolute atomic E-state index is 0.00986. The first kappa shape index (κ1) is 19.2. The highest BCUT2D eigenvalue weighted by molar-refractivity contribution is 5.92. The van der Waals surface area contributed by atoms with Gasteiger partial charge in [0.1, 0.15) is 0 Å². The smallest absolute Gasteiger partial charge is 0.274 e. The van der Waals surface area contributed by atoms with Crippen LogP contribution in [0.4, 0.5) is 0 Å². The van der Waals surface area contributed by atoms with Crippen molar-refractivity contribution in [2.75, 3.05) is 26.7 Å². The van der Waals surface area contributed by atoms with E-state index in [1.165, 1.54) is 12.0 Å². The normalized spacial score (nSPS) is 20.4. The van der Waals surface area contributed by atoms with Gasteiger partial charge in [-0.25, -0.2) is 0 Å². The molecule has 1 aromatic heterocycles. The van der Waals surface area contributed by atoms with Crippen molar-refractivity contribution < 1.29 is 9.53 Å². The lowest BCUT2D eigenvalue weighted by molar-refractivity contribution is -0.000305. The highest BCUT2D eigenvalue weighted by atomic mass is 16.5. The second kappa shape index (κ2) is 8.88. The summed E-state index contributed by atoms with van der Waals surface area (Å²) in [7, 11) is 1.85. The number of ether oxygens (including phenoxy) is 1. The average molecular weight is 383 g/mol. The Labute approximate surface area is 167 Å². The van der Waals surface area contributed by atoms with E-state index in [1.807, 2.05) is 23.9 Å². The zero-order chi connectivity index (χ0) is 19.3. The Morgan fingerprint density at radius 2 is 2.07 bits per heavy atom. The number of hydrogen-bond acceptors (Lipinski definition) is 4. The molecule has 0 saturated carbocycles. The maximum Gasteiger partial charge on any atom is 0.274 e. The number of likely N-dealkylation sites (N-methyl/N-ethyl adjacent to an activating group) is 1. The zero-order valence-electron chi connectivity index (χ0n) is 16.7. The predicted octanol–water partition coefficient (Wildman–Crippen LogP) is 2.93. The van der Waals surface area contributed by atoms with Crippen molar-refractivity contribution in [3.63, 3.8) is 0 Å². The van der Waals surface area contributed by atoms with E-state index in [2.05, 4.69) is 34.3 Å². The van der Waals surface area contributed by atoms with Crippen LogP contribution in [0.15, 0.2) is 36.4 Å². The van der Waals surface area contributed by atoms with Gasteiger partial charge in [0.15, 0.2) is 5.69 Å². The van der Waals surface area contributed by atoms with Crippen LogP contribution < -0.4 is 0 Å². The molecule has 1 amide bonds. The first-order valence-electron chi connectivity index (χ1n) is 10.4. The third-order valence-electron chi connectivity index (χ3n) is 5.66. The topological polar surface area (TPSA) is 50.6 Å². The molecule has 3 heterocycles. The van der Waals surface area contributed by atoms with Gasteiger partial charge in [0.2, 0.25) is 0 Å². The maximum absolute atomic E-state index is 12.9. The fraction of sp³-hybridized carbons (Fsp3) is 0.545. The number of carbonyl (C=O) groups is 1. The van der Waals surface area contributed by atoms with Gasteiger partial charge in [-0.05, 0) is 37.3 Å². The molecule has 28 heavy (non-hydrogen) atoms. The van der Waals surface area contributed by atoms with Crippen LogP contribution in [0, 0.1) is 0 Å². The van der Waals surface area contributed by atoms with Crippen molar-refractivity contribution in [1.82, 2.24) is 19.6 Å². The molecule has 2 aromatic rings. The fourth-order valence-electron chi connectivity index (χ4n) is 4.14. The zero-order valence-corrected chi connectivity index (χ0v) is 16.7. The van der Waals surface area contributed by atoms with Gasteiger partial charge in [-0.2, -0.15) is 5.10 Å². The summed E-state index contributed by atoms with van der Waals surface area (Å²) in [5.41, 5.74) is 2.99. The number of amides is 1. The second-order valence-corrected chi connectivity index (χ2v) is 7.97. The molecule has 0 aliphatic carbocycles. The van der Waals surface area contributed by atoms with E-state index in [1.54, 1.807) is 4.90 Å². The molecule has 2 aliphatic heterocycles. The van der Waals surface area contributed by atoms with Gasteiger partial charge in [0, 0.05) is 46.4 Å². The first-order valence-corrected chi connectivity index (χ1v) is 10.4. The molecule has 150 valence electrons. The fourth-order valence-corrected chi connectivity index (χ4v) is 4.14. The van der Waals surface area contributed by atoms with Crippen molar-refractivity contribution in [2.24, 2.45) is 0 Å². The minimum atomic E-state index is -0.00986. The molecule has 1 atom stereocenters. The standard InChI is InChI=1S/C22H30N4O2/c1-24(17-20-10-5-6-13-28-20)22(27)21-14-19-16-25(11-7-12-26(19)23-21)15-18-8-3-2-4-9-18/h2-4,8-9,14,20H,5-7,10-13,15-17H2,1H3. The minimum Gasteiger partial charge on any atom is -0.376 e. The monoisotopic (exact) mass is 382 g/mol. The second-order valence-electron chi connectivity index (χ2n) is 7.97. The summed E-state index contributed by atoms with van der Waals surface area (Å²) < 4.78 is 7.79. The van der Waals surface area contributed by atoms with Crippen LogP contribution in [0.3, 0.4) is 0 Å². The van der Waals surface area contributed by atoms with Gasteiger partial charge in [0.05, 0.1) is 11.8 Å². The third kappa shape index (κ3) is 4.62. The Morgan fingerprint density at radius 1 is 1.21 bits per heavy atom. The number of benzene rings is 1. The van der Waals surface area contributed by atoms with Crippen LogP contribution in [0.1, 0.15) is 47.4 Å². The van der Waals surface area contributed by atoms with E-state index in [9.17, 15) is 4.79 Å². The Balaban J connectivity index is 1.41. The molecule has 2 aliphatic rings. The van der Waals surface area contributed by atoms with Crippen LogP contribution in [0.5, 0.6) is 0 Å². The molecule has 1 fully saturated rings. The summed E-state index contributed by atoms with van der Waals surface area (Å²) in [4.78, 5) is 17.1. The first-order chi connectivity index (χ1) is 13.7. The van der Waals surface area contributed by atoms with E-state index in [0.29, 0.717) is 12.2 Å². The predicted molar refractivity (Wildman–Crippen MR) is 108 cm³/mol. The molecule has 0 bridgehead atoms. The molecule has 6 heteroatoms. The van der Waals surface area contributed by atoms with E-state index in [-0.39, 0.29) is 12.0 Å². The lowest BCUT2D eigenvalue weighted by Crippen LogP contribution is -2.37. The highest BCUT2D eigenvalue weighted by Gasteiger charge is 2.24. The van der Waals surface area contributed by atoms with Gasteiger partial charge in [0.25, 0.3) is 5.91 Å². The summed E-state index contributed by atoms with van der Waals surface area (Å²) >= 11 is 0. The number of aryl methyl sites for hydroxylation is 1. The third-order valence-corrected chi connectivity index (χ3v) is 5.66. The number of fused-ring (bicyclic) bond motifs is 1. The summed E-state index contributed by atoms with van der Waals surface area (Å²) in [6.07, 6.45) is 4.54. The number of rotatable bonds is 5. The summed E-state index contributed by atoms with van der Waals surface area (Å²) in [6.45, 7) is 5.10. The van der Waals surface area contributed by atoms with E-state index in [0.717, 1.165) is 57.7 Å². The van der Waals surface area contributed by atoms with E-state index in [4.69, 9.17) is 4.74 Å². The van der Waals surface area contributed by atoms with Crippen LogP contribution in [0.25, 0.3) is 0 Å². The van der Waals surface area contributed by atoms with Crippen molar-refractivity contribution in [3.8, 4) is 0 Å². The van der Waals surface area contributed by atoms with Crippen LogP contribution in [-0.4, -0.2) is 58.3 Å². The Hall–Kier alpha value is -2.18. The average Bonchev–Trinajstić information content (AvgIpc) is 3.02. The van der Waals surface area contributed by atoms with Gasteiger partial charge in [-0.15, -0.1) is 0 Å². The van der Waals surface area contributed by atoms with Crippen LogP contribution in [-0.2, 0) is 24.4 Å². The molecule has 0 radical (unpaired) electrons. The molecular formula is C22H30N4O2. The lowest BCUT2D eigenvalue weighted by Gasteiger charge is -2.27. The quantitative estimate of drug-likeness (QED) is 0.798. The van der Waals surface area contributed by atoms with Crippen molar-refractivity contribution >= 4 is 5.91 Å². The molecule has 1 unspecified atom stereocenters. The number of hydrogen-bond donors (Lipinski definition) is 0. The number of carbonyl (C=O) groups excluding carboxylic acids is 1. The number of aromatic nitrogens is 2. The summed E-state index contributed by atoms with van der Waals surface area (Å²) in [6, 6.07) is 12.5. The Kier molecular flexibility index (Phi) is 6.07. The molecule has 0 N–H and O–H groups in total. The molecule has 1 saturated heterocycles. The van der Waals surface area contributed by atoms with Gasteiger partial charge < -0.3 is 9.64 Å². The Morgan fingerprint density at radius 3 is 2.86 bits per heavy atom. The molecule has 4 rings (SSSR count). The SMILES string of the molecule is CN(CC1CCCCO1)C(=O)c1cc2n(n1)CCCN(Cc1ccccc1)C2. The maximum atomic E-state index is 12.9. The molecule has 0 spiro atoms. The lowest BCUT2D eigenvalue weighted by atomic mass is 10.1. The van der Waals surface area contributed by atoms with Gasteiger partial charge >= 0.3 is 0 Å².